The Morgan fingerprint density at radius 2 is 2.00 bits per heavy atom. The largest absolute Gasteiger partial charge is 0.338 e. The van der Waals surface area contributed by atoms with Crippen molar-refractivity contribution in [1.82, 2.24) is 15.2 Å². The van der Waals surface area contributed by atoms with Gasteiger partial charge in [-0.3, -0.25) is 9.89 Å². The van der Waals surface area contributed by atoms with Crippen LogP contribution < -0.4 is 10.9 Å². The molecule has 0 atom stereocenters. The highest BCUT2D eigenvalue weighted by atomic mass is 16.1. The van der Waals surface area contributed by atoms with E-state index in [2.05, 4.69) is 20.5 Å². The molecule has 0 fully saturated rings. The first-order valence-electron chi connectivity index (χ1n) is 5.61. The van der Waals surface area contributed by atoms with E-state index in [4.69, 9.17) is 5.26 Å². The fraction of sp³-hybridized carbons (Fsp3) is 0. The van der Waals surface area contributed by atoms with Crippen molar-refractivity contribution in [2.45, 2.75) is 0 Å². The van der Waals surface area contributed by atoms with E-state index in [9.17, 15) is 4.79 Å². The molecule has 0 amide bonds. The third-order valence-electron chi connectivity index (χ3n) is 2.76. The number of hydrogen-bond acceptors (Lipinski definition) is 4. The molecule has 6 heteroatoms. The fourth-order valence-corrected chi connectivity index (χ4v) is 1.83. The summed E-state index contributed by atoms with van der Waals surface area (Å²) >= 11 is 0. The first-order chi connectivity index (χ1) is 9.28. The quantitative estimate of drug-likeness (QED) is 0.647. The number of nitrogens with one attached hydrogen (secondary N) is 3. The highest BCUT2D eigenvalue weighted by Crippen LogP contribution is 2.20. The topological polar surface area (TPSA) is 97.4 Å². The Morgan fingerprint density at radius 3 is 2.74 bits per heavy atom. The summed E-state index contributed by atoms with van der Waals surface area (Å²) in [4.78, 5) is 14.4. The van der Waals surface area contributed by atoms with E-state index in [1.165, 1.54) is 0 Å². The van der Waals surface area contributed by atoms with Gasteiger partial charge in [-0.25, -0.2) is 0 Å². The summed E-state index contributed by atoms with van der Waals surface area (Å²) in [7, 11) is 0. The monoisotopic (exact) mass is 251 g/mol. The van der Waals surface area contributed by atoms with E-state index in [1.54, 1.807) is 36.5 Å². The predicted molar refractivity (Wildman–Crippen MR) is 71.2 cm³/mol. The van der Waals surface area contributed by atoms with Gasteiger partial charge in [0.2, 0.25) is 0 Å². The van der Waals surface area contributed by atoms with Gasteiger partial charge in [-0.2, -0.15) is 10.4 Å². The zero-order valence-electron chi connectivity index (χ0n) is 9.77. The van der Waals surface area contributed by atoms with Crippen LogP contribution in [0.3, 0.4) is 0 Å². The van der Waals surface area contributed by atoms with Gasteiger partial charge in [-0.05, 0) is 30.3 Å². The maximum Gasteiger partial charge on any atom is 0.261 e. The second-order valence-corrected chi connectivity index (χ2v) is 3.98. The highest BCUT2D eigenvalue weighted by Gasteiger charge is 2.09. The number of hydrogen-bond donors (Lipinski definition) is 3. The Kier molecular flexibility index (Phi) is 2.50. The van der Waals surface area contributed by atoms with E-state index >= 15 is 0 Å². The molecule has 0 unspecified atom stereocenters. The molecular weight excluding hydrogens is 242 g/mol. The van der Waals surface area contributed by atoms with Crippen LogP contribution in [0.5, 0.6) is 0 Å². The van der Waals surface area contributed by atoms with E-state index in [0.717, 1.165) is 5.69 Å². The number of nitrogens with zero attached hydrogens (tertiary/aromatic N) is 2. The first-order valence-corrected chi connectivity index (χ1v) is 5.61. The molecule has 0 aliphatic heterocycles. The number of anilines is 2. The lowest BCUT2D eigenvalue weighted by Gasteiger charge is -2.02. The van der Waals surface area contributed by atoms with Crippen molar-refractivity contribution in [1.29, 1.82) is 5.26 Å². The molecule has 0 saturated heterocycles. The molecule has 92 valence electrons. The summed E-state index contributed by atoms with van der Waals surface area (Å²) in [5.74, 6) is 0.460. The summed E-state index contributed by atoms with van der Waals surface area (Å²) in [6.07, 6.45) is 1.56. The molecule has 0 aliphatic rings. The third kappa shape index (κ3) is 1.93. The normalized spacial score (nSPS) is 10.3. The minimum atomic E-state index is -0.206. The maximum atomic E-state index is 11.8. The van der Waals surface area contributed by atoms with Crippen LogP contribution in [0.2, 0.25) is 0 Å². The number of nitriles is 1. The molecule has 0 saturated carbocycles. The number of fused-ring (bicyclic) bond motifs is 1. The van der Waals surface area contributed by atoms with Crippen LogP contribution in [-0.4, -0.2) is 15.2 Å². The SMILES string of the molecule is N#Cc1ccc(Nc2n[nH]c3cc[nH]c(=O)c23)cc1. The number of aromatic amines is 2. The van der Waals surface area contributed by atoms with Gasteiger partial charge < -0.3 is 10.3 Å². The average Bonchev–Trinajstić information content (AvgIpc) is 2.84. The Bertz CT molecular complexity index is 823. The summed E-state index contributed by atoms with van der Waals surface area (Å²) in [6.45, 7) is 0. The molecule has 0 aliphatic carbocycles. The summed E-state index contributed by atoms with van der Waals surface area (Å²) in [5.41, 5.74) is 1.80. The fourth-order valence-electron chi connectivity index (χ4n) is 1.83. The molecule has 0 spiro atoms. The molecule has 3 rings (SSSR count). The van der Waals surface area contributed by atoms with Crippen LogP contribution in [0.1, 0.15) is 5.56 Å². The molecule has 3 N–H and O–H groups in total. The lowest BCUT2D eigenvalue weighted by Crippen LogP contribution is -2.05. The van der Waals surface area contributed by atoms with Crippen LogP contribution in [0, 0.1) is 11.3 Å². The van der Waals surface area contributed by atoms with Crippen molar-refractivity contribution in [3.8, 4) is 6.07 Å². The molecule has 19 heavy (non-hydrogen) atoms. The lowest BCUT2D eigenvalue weighted by atomic mass is 10.2. The molecule has 3 aromatic rings. The predicted octanol–water partition coefficient (Wildman–Crippen LogP) is 1.87. The summed E-state index contributed by atoms with van der Waals surface area (Å²) < 4.78 is 0. The number of pyridine rings is 1. The van der Waals surface area contributed by atoms with Crippen molar-refractivity contribution < 1.29 is 0 Å². The highest BCUT2D eigenvalue weighted by molar-refractivity contribution is 5.90. The number of benzene rings is 1. The second-order valence-electron chi connectivity index (χ2n) is 3.98. The van der Waals surface area contributed by atoms with Gasteiger partial charge in [-0.1, -0.05) is 0 Å². The molecular formula is C13H9N5O. The second kappa shape index (κ2) is 4.31. The molecule has 0 radical (unpaired) electrons. The Labute approximate surface area is 107 Å². The van der Waals surface area contributed by atoms with Crippen LogP contribution in [0.15, 0.2) is 41.3 Å². The molecule has 0 bridgehead atoms. The van der Waals surface area contributed by atoms with Gasteiger partial charge in [0.05, 0.1) is 17.1 Å². The van der Waals surface area contributed by atoms with Gasteiger partial charge in [0.1, 0.15) is 5.39 Å². The van der Waals surface area contributed by atoms with E-state index < -0.39 is 0 Å². The number of aromatic nitrogens is 3. The van der Waals surface area contributed by atoms with Crippen LogP contribution >= 0.6 is 0 Å². The Hall–Kier alpha value is -3.07. The zero-order chi connectivity index (χ0) is 13.2. The van der Waals surface area contributed by atoms with Crippen LogP contribution in [-0.2, 0) is 0 Å². The van der Waals surface area contributed by atoms with Crippen molar-refractivity contribution in [2.24, 2.45) is 0 Å². The third-order valence-corrected chi connectivity index (χ3v) is 2.76. The van der Waals surface area contributed by atoms with Crippen molar-refractivity contribution in [2.75, 3.05) is 5.32 Å². The van der Waals surface area contributed by atoms with Gasteiger partial charge in [0, 0.05) is 11.9 Å². The standard InChI is InChI=1S/C13H9N5O/c14-7-8-1-3-9(4-2-8)16-12-11-10(17-18-12)5-6-15-13(11)19/h1-6H,(H,15,19)(H2,16,17,18). The minimum Gasteiger partial charge on any atom is -0.338 e. The number of rotatable bonds is 2. The van der Waals surface area contributed by atoms with E-state index in [1.807, 2.05) is 6.07 Å². The van der Waals surface area contributed by atoms with Gasteiger partial charge in [0.15, 0.2) is 5.82 Å². The van der Waals surface area contributed by atoms with Crippen LogP contribution in [0.4, 0.5) is 11.5 Å². The van der Waals surface area contributed by atoms with E-state index in [0.29, 0.717) is 22.3 Å². The smallest absolute Gasteiger partial charge is 0.261 e. The lowest BCUT2D eigenvalue weighted by molar-refractivity contribution is 1.12. The maximum absolute atomic E-state index is 11.8. The molecule has 2 heterocycles. The van der Waals surface area contributed by atoms with Gasteiger partial charge in [0.25, 0.3) is 5.56 Å². The van der Waals surface area contributed by atoms with Gasteiger partial charge >= 0.3 is 0 Å². The molecule has 2 aromatic heterocycles. The molecule has 6 nitrogen and oxygen atoms in total. The average molecular weight is 251 g/mol. The van der Waals surface area contributed by atoms with Crippen LogP contribution in [0.25, 0.3) is 10.9 Å². The minimum absolute atomic E-state index is 0.206. The summed E-state index contributed by atoms with van der Waals surface area (Å²) in [5, 5.41) is 19.1. The first kappa shape index (κ1) is 11.0. The number of H-pyrrole nitrogens is 2. The Balaban J connectivity index is 2.01. The van der Waals surface area contributed by atoms with Crippen molar-refractivity contribution in [3.63, 3.8) is 0 Å². The Morgan fingerprint density at radius 1 is 1.21 bits per heavy atom. The molecule has 1 aromatic carbocycles. The van der Waals surface area contributed by atoms with Crippen molar-refractivity contribution >= 4 is 22.4 Å². The van der Waals surface area contributed by atoms with Gasteiger partial charge in [-0.15, -0.1) is 0 Å². The summed E-state index contributed by atoms with van der Waals surface area (Å²) in [6, 6.07) is 10.7. The zero-order valence-corrected chi connectivity index (χ0v) is 9.77. The van der Waals surface area contributed by atoms with Crippen molar-refractivity contribution in [3.05, 3.63) is 52.4 Å². The van der Waals surface area contributed by atoms with E-state index in [-0.39, 0.29) is 5.56 Å².